The summed E-state index contributed by atoms with van der Waals surface area (Å²) < 4.78 is 0. The Hall–Kier alpha value is -0.830. The number of aliphatic hydroxyl groups is 1. The first kappa shape index (κ1) is 21.2. The first-order chi connectivity index (χ1) is 10.8. The van der Waals surface area contributed by atoms with Gasteiger partial charge in [0.15, 0.2) is 0 Å². The molecule has 0 aromatic carbocycles. The van der Waals surface area contributed by atoms with Crippen LogP contribution >= 0.6 is 0 Å². The summed E-state index contributed by atoms with van der Waals surface area (Å²) in [5, 5.41) is 10.9. The number of rotatable bonds is 16. The number of nitrogens with one attached hydrogen (secondary N) is 1. The van der Waals surface area contributed by atoms with Gasteiger partial charge in [-0.1, -0.05) is 70.4 Å². The van der Waals surface area contributed by atoms with E-state index in [1.54, 1.807) is 0 Å². The van der Waals surface area contributed by atoms with Crippen molar-refractivity contribution >= 4 is 5.91 Å². The van der Waals surface area contributed by atoms with E-state index in [1.165, 1.54) is 70.6 Å². The maximum Gasteiger partial charge on any atom is 0.221 e. The number of carbonyl (C=O) groups is 1. The van der Waals surface area contributed by atoms with Gasteiger partial charge in [0.05, 0.1) is 0 Å². The van der Waals surface area contributed by atoms with Crippen LogP contribution in [0.2, 0.25) is 0 Å². The highest BCUT2D eigenvalue weighted by atomic mass is 16.3. The monoisotopic (exact) mass is 311 g/mol. The van der Waals surface area contributed by atoms with Crippen LogP contribution in [0.5, 0.6) is 0 Å². The van der Waals surface area contributed by atoms with Crippen LogP contribution in [-0.2, 0) is 4.79 Å². The van der Waals surface area contributed by atoms with E-state index in [0.717, 1.165) is 12.8 Å². The molecule has 0 aliphatic rings. The van der Waals surface area contributed by atoms with E-state index in [-0.39, 0.29) is 12.6 Å². The van der Waals surface area contributed by atoms with Crippen LogP contribution in [0.4, 0.5) is 0 Å². The second-order valence-corrected chi connectivity index (χ2v) is 6.09. The van der Waals surface area contributed by atoms with E-state index >= 15 is 0 Å². The van der Waals surface area contributed by atoms with Crippen molar-refractivity contribution in [2.45, 2.75) is 96.8 Å². The van der Waals surface area contributed by atoms with E-state index in [2.05, 4.69) is 24.4 Å². The first-order valence-electron chi connectivity index (χ1n) is 9.33. The average molecular weight is 312 g/mol. The fourth-order valence-corrected chi connectivity index (χ4v) is 2.53. The lowest BCUT2D eigenvalue weighted by Gasteiger charge is -2.01. The van der Waals surface area contributed by atoms with E-state index < -0.39 is 0 Å². The number of allylic oxidation sites excluding steroid dienone is 2. The predicted octanol–water partition coefficient (Wildman–Crippen LogP) is 5.09. The molecule has 0 aliphatic heterocycles. The highest BCUT2D eigenvalue weighted by Gasteiger charge is 1.98. The lowest BCUT2D eigenvalue weighted by molar-refractivity contribution is -0.122. The summed E-state index contributed by atoms with van der Waals surface area (Å²) in [7, 11) is 0. The molecule has 0 spiro atoms. The Bertz CT molecular complexity index is 264. The zero-order chi connectivity index (χ0) is 16.3. The van der Waals surface area contributed by atoms with Gasteiger partial charge in [-0.2, -0.15) is 0 Å². The Kier molecular flexibility index (Phi) is 17.5. The molecule has 130 valence electrons. The minimum absolute atomic E-state index is 0.0415. The molecule has 3 heteroatoms. The van der Waals surface area contributed by atoms with Crippen molar-refractivity contribution in [3.05, 3.63) is 12.2 Å². The lowest BCUT2D eigenvalue weighted by Crippen LogP contribution is -2.23. The summed E-state index contributed by atoms with van der Waals surface area (Å²) in [4.78, 5) is 11.1. The standard InChI is InChI=1S/C19H37NO2/c1-2-3-4-5-6-7-8-9-10-11-12-13-14-15-16-17-19(22)20-18-21/h9-10,21H,2-8,11-18H2,1H3,(H,20,22)/b10-9+. The Morgan fingerprint density at radius 1 is 0.818 bits per heavy atom. The molecule has 0 radical (unpaired) electrons. The van der Waals surface area contributed by atoms with Crippen LogP contribution in [0.1, 0.15) is 96.8 Å². The molecular formula is C19H37NO2. The quantitative estimate of drug-likeness (QED) is 0.237. The Morgan fingerprint density at radius 3 is 1.86 bits per heavy atom. The zero-order valence-electron chi connectivity index (χ0n) is 14.6. The number of aliphatic hydroxyl groups excluding tert-OH is 1. The van der Waals surface area contributed by atoms with Crippen molar-refractivity contribution < 1.29 is 9.90 Å². The second-order valence-electron chi connectivity index (χ2n) is 6.09. The SMILES string of the molecule is CCCCCCCC/C=C/CCCCCCCC(=O)NCO. The van der Waals surface area contributed by atoms with Crippen molar-refractivity contribution in [3.63, 3.8) is 0 Å². The van der Waals surface area contributed by atoms with E-state index in [1.807, 2.05) is 0 Å². The summed E-state index contributed by atoms with van der Waals surface area (Å²) >= 11 is 0. The molecule has 0 saturated carbocycles. The molecule has 3 nitrogen and oxygen atoms in total. The third-order valence-electron chi connectivity index (χ3n) is 3.94. The molecule has 0 aromatic rings. The van der Waals surface area contributed by atoms with Crippen LogP contribution in [0, 0.1) is 0 Å². The molecule has 22 heavy (non-hydrogen) atoms. The Morgan fingerprint density at radius 2 is 1.32 bits per heavy atom. The zero-order valence-corrected chi connectivity index (χ0v) is 14.6. The molecule has 0 saturated heterocycles. The average Bonchev–Trinajstić information content (AvgIpc) is 2.51. The van der Waals surface area contributed by atoms with Crippen LogP contribution in [0.15, 0.2) is 12.2 Å². The molecule has 0 atom stereocenters. The topological polar surface area (TPSA) is 49.3 Å². The van der Waals surface area contributed by atoms with Gasteiger partial charge >= 0.3 is 0 Å². The highest BCUT2D eigenvalue weighted by molar-refractivity contribution is 5.75. The molecule has 0 aromatic heterocycles. The smallest absolute Gasteiger partial charge is 0.221 e. The highest BCUT2D eigenvalue weighted by Crippen LogP contribution is 2.09. The summed E-state index contributed by atoms with van der Waals surface area (Å²) in [6, 6.07) is 0. The van der Waals surface area contributed by atoms with Gasteiger partial charge in [-0.25, -0.2) is 0 Å². The minimum Gasteiger partial charge on any atom is -0.377 e. The molecule has 2 N–H and O–H groups in total. The van der Waals surface area contributed by atoms with Crippen molar-refractivity contribution in [2.24, 2.45) is 0 Å². The minimum atomic E-state index is -0.246. The molecule has 1 amide bonds. The van der Waals surface area contributed by atoms with Gasteiger partial charge in [0.2, 0.25) is 5.91 Å². The van der Waals surface area contributed by atoms with Crippen LogP contribution in [-0.4, -0.2) is 17.7 Å². The van der Waals surface area contributed by atoms with Crippen LogP contribution in [0.25, 0.3) is 0 Å². The molecular weight excluding hydrogens is 274 g/mol. The van der Waals surface area contributed by atoms with E-state index in [4.69, 9.17) is 5.11 Å². The molecule has 0 bridgehead atoms. The van der Waals surface area contributed by atoms with Crippen molar-refractivity contribution in [2.75, 3.05) is 6.73 Å². The Balaban J connectivity index is 3.12. The molecule has 0 rings (SSSR count). The first-order valence-corrected chi connectivity index (χ1v) is 9.33. The molecule has 0 unspecified atom stereocenters. The maximum atomic E-state index is 11.1. The van der Waals surface area contributed by atoms with Gasteiger partial charge in [-0.3, -0.25) is 4.79 Å². The molecule has 0 aliphatic carbocycles. The molecule has 0 fully saturated rings. The summed E-state index contributed by atoms with van der Waals surface area (Å²) in [6.07, 6.45) is 21.7. The van der Waals surface area contributed by atoms with Gasteiger partial charge < -0.3 is 10.4 Å². The van der Waals surface area contributed by atoms with Gasteiger partial charge in [-0.05, 0) is 32.1 Å². The summed E-state index contributed by atoms with van der Waals surface area (Å²) in [5.41, 5.74) is 0. The molecule has 0 heterocycles. The number of hydrogen-bond donors (Lipinski definition) is 2. The fraction of sp³-hybridized carbons (Fsp3) is 0.842. The van der Waals surface area contributed by atoms with Crippen molar-refractivity contribution in [3.8, 4) is 0 Å². The summed E-state index contributed by atoms with van der Waals surface area (Å²) in [6.45, 7) is 2.01. The van der Waals surface area contributed by atoms with Gasteiger partial charge in [0.1, 0.15) is 6.73 Å². The number of hydrogen-bond acceptors (Lipinski definition) is 2. The third kappa shape index (κ3) is 17.2. The summed E-state index contributed by atoms with van der Waals surface area (Å²) in [5.74, 6) is -0.0415. The Labute approximate surface area is 137 Å². The van der Waals surface area contributed by atoms with Gasteiger partial charge in [0, 0.05) is 6.42 Å². The predicted molar refractivity (Wildman–Crippen MR) is 94.7 cm³/mol. The number of unbranched alkanes of at least 4 members (excludes halogenated alkanes) is 11. The number of amides is 1. The van der Waals surface area contributed by atoms with Crippen LogP contribution < -0.4 is 5.32 Å². The fourth-order valence-electron chi connectivity index (χ4n) is 2.53. The maximum absolute atomic E-state index is 11.1. The lowest BCUT2D eigenvalue weighted by atomic mass is 10.1. The second kappa shape index (κ2) is 18.2. The van der Waals surface area contributed by atoms with E-state index in [9.17, 15) is 4.79 Å². The normalized spacial score (nSPS) is 11.2. The van der Waals surface area contributed by atoms with Crippen LogP contribution in [0.3, 0.4) is 0 Å². The van der Waals surface area contributed by atoms with Gasteiger partial charge in [-0.15, -0.1) is 0 Å². The van der Waals surface area contributed by atoms with Crippen molar-refractivity contribution in [1.29, 1.82) is 0 Å². The van der Waals surface area contributed by atoms with Crippen molar-refractivity contribution in [1.82, 2.24) is 5.32 Å². The van der Waals surface area contributed by atoms with E-state index in [0.29, 0.717) is 6.42 Å². The number of carbonyl (C=O) groups excluding carboxylic acids is 1. The third-order valence-corrected chi connectivity index (χ3v) is 3.94. The largest absolute Gasteiger partial charge is 0.377 e. The van der Waals surface area contributed by atoms with Gasteiger partial charge in [0.25, 0.3) is 0 Å².